The Morgan fingerprint density at radius 1 is 1.31 bits per heavy atom. The highest BCUT2D eigenvalue weighted by molar-refractivity contribution is 5.98. The maximum atomic E-state index is 12.3. The minimum Gasteiger partial charge on any atom is -0.497 e. The normalized spacial score (nSPS) is 11.9. The van der Waals surface area contributed by atoms with Crippen molar-refractivity contribution in [2.24, 2.45) is 7.05 Å². The maximum Gasteiger partial charge on any atom is 0.471 e. The second-order valence-corrected chi connectivity index (χ2v) is 6.50. The number of methoxy groups -OCH3 is 1. The van der Waals surface area contributed by atoms with E-state index in [1.165, 1.54) is 6.20 Å². The summed E-state index contributed by atoms with van der Waals surface area (Å²) >= 11 is 0. The summed E-state index contributed by atoms with van der Waals surface area (Å²) < 4.78 is 44.2. The standard InChI is InChI=1S/C19H16F3N5O2/c1-27-9-13(12-5-11(29-2)3-4-16(12)27)14-6-15-17(26-14)23-7-10(25-15)8-24-18(28)19(20,21)22/h3-7,9H,8H2,1-2H3,(H,23,26)(H,24,28). The Balaban J connectivity index is 1.68. The fraction of sp³-hybridized carbons (Fsp3) is 0.211. The van der Waals surface area contributed by atoms with E-state index in [1.807, 2.05) is 36.0 Å². The SMILES string of the molecule is COc1ccc2c(c1)c(-c1cc3nc(CNC(=O)C(F)(F)F)cnc3[nH]1)cn2C. The van der Waals surface area contributed by atoms with Crippen LogP contribution >= 0.6 is 0 Å². The van der Waals surface area contributed by atoms with Gasteiger partial charge in [-0.25, -0.2) is 9.97 Å². The molecule has 29 heavy (non-hydrogen) atoms. The molecule has 0 saturated carbocycles. The predicted octanol–water partition coefficient (Wildman–Crippen LogP) is 3.30. The number of nitrogens with one attached hydrogen (secondary N) is 2. The summed E-state index contributed by atoms with van der Waals surface area (Å²) in [6.45, 7) is -0.368. The zero-order valence-corrected chi connectivity index (χ0v) is 15.5. The number of ether oxygens (including phenoxy) is 1. The number of aromatic amines is 1. The molecular weight excluding hydrogens is 387 g/mol. The lowest BCUT2D eigenvalue weighted by Gasteiger charge is -2.06. The number of rotatable bonds is 4. The molecule has 3 aromatic heterocycles. The van der Waals surface area contributed by atoms with Crippen molar-refractivity contribution in [2.75, 3.05) is 7.11 Å². The second-order valence-electron chi connectivity index (χ2n) is 6.50. The fourth-order valence-corrected chi connectivity index (χ4v) is 3.15. The van der Waals surface area contributed by atoms with Crippen molar-refractivity contribution in [3.05, 3.63) is 42.4 Å². The fourth-order valence-electron chi connectivity index (χ4n) is 3.15. The number of carbonyl (C=O) groups is 1. The molecule has 0 saturated heterocycles. The minimum atomic E-state index is -4.94. The number of halogens is 3. The first-order valence-corrected chi connectivity index (χ1v) is 8.59. The van der Waals surface area contributed by atoms with Gasteiger partial charge in [0.2, 0.25) is 0 Å². The van der Waals surface area contributed by atoms with Crippen LogP contribution in [0.4, 0.5) is 13.2 Å². The van der Waals surface area contributed by atoms with Gasteiger partial charge in [0.05, 0.1) is 31.2 Å². The van der Waals surface area contributed by atoms with Crippen molar-refractivity contribution < 1.29 is 22.7 Å². The predicted molar refractivity (Wildman–Crippen MR) is 100 cm³/mol. The molecule has 150 valence electrons. The molecule has 4 rings (SSSR count). The number of aromatic nitrogens is 4. The van der Waals surface area contributed by atoms with Crippen molar-refractivity contribution in [2.45, 2.75) is 12.7 Å². The maximum absolute atomic E-state index is 12.3. The molecule has 0 aliphatic carbocycles. The van der Waals surface area contributed by atoms with Crippen molar-refractivity contribution in [3.8, 4) is 17.0 Å². The summed E-state index contributed by atoms with van der Waals surface area (Å²) in [5.74, 6) is -1.29. The Kier molecular flexibility index (Phi) is 4.40. The lowest BCUT2D eigenvalue weighted by Crippen LogP contribution is -2.36. The summed E-state index contributed by atoms with van der Waals surface area (Å²) in [6, 6.07) is 7.53. The number of hydrogen-bond donors (Lipinski definition) is 2. The average molecular weight is 403 g/mol. The molecule has 0 fully saturated rings. The van der Waals surface area contributed by atoms with E-state index in [4.69, 9.17) is 4.74 Å². The highest BCUT2D eigenvalue weighted by Gasteiger charge is 2.38. The molecule has 4 aromatic rings. The van der Waals surface area contributed by atoms with Crippen LogP contribution in [0.2, 0.25) is 0 Å². The van der Waals surface area contributed by atoms with E-state index >= 15 is 0 Å². The number of benzene rings is 1. The highest BCUT2D eigenvalue weighted by atomic mass is 19.4. The minimum absolute atomic E-state index is 0.222. The van der Waals surface area contributed by atoms with Crippen molar-refractivity contribution in [1.29, 1.82) is 0 Å². The highest BCUT2D eigenvalue weighted by Crippen LogP contribution is 2.33. The molecule has 0 atom stereocenters. The molecule has 3 heterocycles. The largest absolute Gasteiger partial charge is 0.497 e. The van der Waals surface area contributed by atoms with Crippen LogP contribution in [0.1, 0.15) is 5.69 Å². The Morgan fingerprint density at radius 2 is 2.10 bits per heavy atom. The molecule has 0 spiro atoms. The van der Waals surface area contributed by atoms with Gasteiger partial charge >= 0.3 is 12.1 Å². The number of H-pyrrole nitrogens is 1. The first-order chi connectivity index (χ1) is 13.8. The van der Waals surface area contributed by atoms with E-state index in [1.54, 1.807) is 18.5 Å². The van der Waals surface area contributed by atoms with Crippen LogP contribution in [0.3, 0.4) is 0 Å². The number of nitrogens with zero attached hydrogens (tertiary/aromatic N) is 3. The summed E-state index contributed by atoms with van der Waals surface area (Å²) in [6.07, 6.45) is -1.65. The number of fused-ring (bicyclic) bond motifs is 2. The van der Waals surface area contributed by atoms with E-state index < -0.39 is 12.1 Å². The molecule has 0 bridgehead atoms. The van der Waals surface area contributed by atoms with E-state index in [2.05, 4.69) is 15.0 Å². The van der Waals surface area contributed by atoms with Crippen molar-refractivity contribution in [1.82, 2.24) is 24.8 Å². The van der Waals surface area contributed by atoms with Gasteiger partial charge in [0.1, 0.15) is 11.3 Å². The molecule has 0 radical (unpaired) electrons. The quantitative estimate of drug-likeness (QED) is 0.548. The van der Waals surface area contributed by atoms with Gasteiger partial charge in [-0.2, -0.15) is 13.2 Å². The summed E-state index contributed by atoms with van der Waals surface area (Å²) in [7, 11) is 3.53. The van der Waals surface area contributed by atoms with Gasteiger partial charge in [0, 0.05) is 29.7 Å². The van der Waals surface area contributed by atoms with E-state index in [9.17, 15) is 18.0 Å². The third-order valence-corrected chi connectivity index (χ3v) is 4.56. The molecule has 7 nitrogen and oxygen atoms in total. The third kappa shape index (κ3) is 3.48. The number of amides is 1. The van der Waals surface area contributed by atoms with Crippen LogP contribution in [0.5, 0.6) is 5.75 Å². The van der Waals surface area contributed by atoms with Gasteiger partial charge in [-0.1, -0.05) is 0 Å². The van der Waals surface area contributed by atoms with Gasteiger partial charge in [-0.15, -0.1) is 0 Å². The Bertz CT molecular complexity index is 1230. The monoisotopic (exact) mass is 403 g/mol. The zero-order chi connectivity index (χ0) is 20.8. The van der Waals surface area contributed by atoms with E-state index in [0.717, 1.165) is 27.9 Å². The zero-order valence-electron chi connectivity index (χ0n) is 15.5. The van der Waals surface area contributed by atoms with Crippen LogP contribution in [0.25, 0.3) is 33.3 Å². The smallest absolute Gasteiger partial charge is 0.471 e. The molecule has 0 unspecified atom stereocenters. The van der Waals surface area contributed by atoms with Gasteiger partial charge in [0.15, 0.2) is 5.65 Å². The van der Waals surface area contributed by atoms with Gasteiger partial charge < -0.3 is 19.6 Å². The van der Waals surface area contributed by atoms with Gasteiger partial charge in [0.25, 0.3) is 0 Å². The van der Waals surface area contributed by atoms with Crippen LogP contribution in [-0.2, 0) is 18.4 Å². The van der Waals surface area contributed by atoms with Gasteiger partial charge in [-0.3, -0.25) is 4.79 Å². The first-order valence-electron chi connectivity index (χ1n) is 8.59. The van der Waals surface area contributed by atoms with Gasteiger partial charge in [-0.05, 0) is 24.3 Å². The number of alkyl halides is 3. The van der Waals surface area contributed by atoms with Crippen LogP contribution in [0.15, 0.2) is 36.7 Å². The van der Waals surface area contributed by atoms with E-state index in [0.29, 0.717) is 11.2 Å². The average Bonchev–Trinajstić information content (AvgIpc) is 3.25. The van der Waals surface area contributed by atoms with Crippen LogP contribution in [0, 0.1) is 0 Å². The molecule has 1 aromatic carbocycles. The topological polar surface area (TPSA) is 84.8 Å². The van der Waals surface area contributed by atoms with Crippen molar-refractivity contribution in [3.63, 3.8) is 0 Å². The molecule has 0 aliphatic rings. The number of carbonyl (C=O) groups excluding carboxylic acids is 1. The van der Waals surface area contributed by atoms with Crippen LogP contribution in [-0.4, -0.2) is 38.7 Å². The Hall–Kier alpha value is -3.56. The second kappa shape index (κ2) is 6.80. The Morgan fingerprint density at radius 3 is 2.83 bits per heavy atom. The molecule has 10 heteroatoms. The Labute approximate surface area is 162 Å². The van der Waals surface area contributed by atoms with Crippen molar-refractivity contribution >= 4 is 28.0 Å². The molecule has 1 amide bonds. The lowest BCUT2D eigenvalue weighted by atomic mass is 10.1. The summed E-state index contributed by atoms with van der Waals surface area (Å²) in [5, 5.41) is 2.76. The molecule has 0 aliphatic heterocycles. The number of aryl methyl sites for hydroxylation is 1. The number of hydrogen-bond acceptors (Lipinski definition) is 4. The summed E-state index contributed by atoms with van der Waals surface area (Å²) in [5.41, 5.74) is 3.88. The lowest BCUT2D eigenvalue weighted by molar-refractivity contribution is -0.173. The molecule has 2 N–H and O–H groups in total. The first kappa shape index (κ1) is 18.8. The third-order valence-electron chi connectivity index (χ3n) is 4.56. The molecular formula is C19H16F3N5O2. The van der Waals surface area contributed by atoms with E-state index in [-0.39, 0.29) is 12.2 Å². The van der Waals surface area contributed by atoms with Crippen LogP contribution < -0.4 is 10.1 Å². The summed E-state index contributed by atoms with van der Waals surface area (Å²) in [4.78, 5) is 22.6.